The van der Waals surface area contributed by atoms with Crippen LogP contribution in [0.4, 0.5) is 13.2 Å². The van der Waals surface area contributed by atoms with Gasteiger partial charge in [0, 0.05) is 11.1 Å². The normalized spacial score (nSPS) is 10.5. The number of nitrogens with zero attached hydrogens (tertiary/aromatic N) is 1. The molecule has 1 aromatic carbocycles. The van der Waals surface area contributed by atoms with Gasteiger partial charge in [-0.15, -0.1) is 0 Å². The van der Waals surface area contributed by atoms with Gasteiger partial charge in [0.15, 0.2) is 11.6 Å². The van der Waals surface area contributed by atoms with Crippen molar-refractivity contribution in [3.05, 3.63) is 51.3 Å². The average Bonchev–Trinajstić information content (AvgIpc) is 2.29. The Hall–Kier alpha value is -1.27. The maximum Gasteiger partial charge on any atom is 0.258 e. The fourth-order valence-corrected chi connectivity index (χ4v) is 1.93. The highest BCUT2D eigenvalue weighted by atomic mass is 79.9. The summed E-state index contributed by atoms with van der Waals surface area (Å²) in [6.07, 6.45) is 0. The zero-order valence-electron chi connectivity index (χ0n) is 8.55. The summed E-state index contributed by atoms with van der Waals surface area (Å²) in [5, 5.41) is 0.438. The van der Waals surface area contributed by atoms with Gasteiger partial charge in [0.05, 0.1) is 4.47 Å². The Morgan fingerprint density at radius 2 is 1.83 bits per heavy atom. The summed E-state index contributed by atoms with van der Waals surface area (Å²) in [4.78, 5) is 3.04. The average molecular weight is 339 g/mol. The minimum Gasteiger partial charge on any atom is -0.435 e. The molecule has 0 amide bonds. The molecule has 2 rings (SSSR count). The SMILES string of the molecule is Fc1cc(F)c(Oc2ccc(Cl)cc2Br)nc1F. The second kappa shape index (κ2) is 5.16. The molecule has 0 bridgehead atoms. The number of hydrogen-bond donors (Lipinski definition) is 0. The molecular weight excluding hydrogens is 334 g/mol. The van der Waals surface area contributed by atoms with E-state index in [0.29, 0.717) is 15.6 Å². The molecule has 2 nitrogen and oxygen atoms in total. The maximum absolute atomic E-state index is 13.3. The second-order valence-corrected chi connectivity index (χ2v) is 4.52. The highest BCUT2D eigenvalue weighted by Gasteiger charge is 2.14. The van der Waals surface area contributed by atoms with Gasteiger partial charge in [0.25, 0.3) is 11.8 Å². The molecule has 0 saturated heterocycles. The van der Waals surface area contributed by atoms with Gasteiger partial charge in [-0.05, 0) is 34.1 Å². The van der Waals surface area contributed by atoms with E-state index < -0.39 is 23.5 Å². The first-order valence-corrected chi connectivity index (χ1v) is 5.79. The molecule has 0 N–H and O–H groups in total. The van der Waals surface area contributed by atoms with Crippen LogP contribution < -0.4 is 4.74 Å². The van der Waals surface area contributed by atoms with E-state index in [-0.39, 0.29) is 5.75 Å². The molecular formula is C11H4BrClF3NO. The fourth-order valence-electron chi connectivity index (χ4n) is 1.16. The molecule has 1 heterocycles. The Morgan fingerprint density at radius 1 is 1.11 bits per heavy atom. The summed E-state index contributed by atoms with van der Waals surface area (Å²) >= 11 is 8.85. The van der Waals surface area contributed by atoms with E-state index in [1.165, 1.54) is 18.2 Å². The van der Waals surface area contributed by atoms with Crippen molar-refractivity contribution in [3.63, 3.8) is 0 Å². The molecule has 0 spiro atoms. The van der Waals surface area contributed by atoms with Gasteiger partial charge in [-0.2, -0.15) is 9.37 Å². The van der Waals surface area contributed by atoms with Crippen LogP contribution in [-0.4, -0.2) is 4.98 Å². The number of benzene rings is 1. The smallest absolute Gasteiger partial charge is 0.258 e. The summed E-state index contributed by atoms with van der Waals surface area (Å²) in [5.74, 6) is -4.39. The minimum atomic E-state index is -1.43. The van der Waals surface area contributed by atoms with E-state index in [1.54, 1.807) is 0 Å². The van der Waals surface area contributed by atoms with Crippen molar-refractivity contribution in [1.82, 2.24) is 4.98 Å². The van der Waals surface area contributed by atoms with E-state index in [4.69, 9.17) is 16.3 Å². The van der Waals surface area contributed by atoms with E-state index in [2.05, 4.69) is 20.9 Å². The van der Waals surface area contributed by atoms with Gasteiger partial charge in [0.1, 0.15) is 5.75 Å². The van der Waals surface area contributed by atoms with Crippen LogP contribution >= 0.6 is 27.5 Å². The zero-order valence-corrected chi connectivity index (χ0v) is 10.9. The van der Waals surface area contributed by atoms with Crippen molar-refractivity contribution in [2.24, 2.45) is 0 Å². The van der Waals surface area contributed by atoms with Crippen LogP contribution in [0.1, 0.15) is 0 Å². The third-order valence-electron chi connectivity index (χ3n) is 1.96. The third kappa shape index (κ3) is 2.76. The van der Waals surface area contributed by atoms with Gasteiger partial charge in [-0.3, -0.25) is 0 Å². The van der Waals surface area contributed by atoms with Crippen molar-refractivity contribution >= 4 is 27.5 Å². The van der Waals surface area contributed by atoms with E-state index in [1.807, 2.05) is 0 Å². The first kappa shape index (κ1) is 13.2. The van der Waals surface area contributed by atoms with Crippen molar-refractivity contribution in [3.8, 4) is 11.6 Å². The first-order chi connectivity index (χ1) is 8.47. The van der Waals surface area contributed by atoms with Crippen LogP contribution in [0.3, 0.4) is 0 Å². The van der Waals surface area contributed by atoms with Crippen LogP contribution in [0.15, 0.2) is 28.7 Å². The fraction of sp³-hybridized carbons (Fsp3) is 0. The number of hydrogen-bond acceptors (Lipinski definition) is 2. The predicted molar refractivity (Wildman–Crippen MR) is 63.3 cm³/mol. The second-order valence-electron chi connectivity index (χ2n) is 3.22. The van der Waals surface area contributed by atoms with E-state index in [9.17, 15) is 13.2 Å². The Kier molecular flexibility index (Phi) is 3.77. The molecule has 7 heteroatoms. The number of halogens is 5. The third-order valence-corrected chi connectivity index (χ3v) is 2.81. The first-order valence-electron chi connectivity index (χ1n) is 4.62. The Labute approximate surface area is 113 Å². The molecule has 94 valence electrons. The topological polar surface area (TPSA) is 22.1 Å². The van der Waals surface area contributed by atoms with Gasteiger partial charge in [-0.1, -0.05) is 11.6 Å². The quantitative estimate of drug-likeness (QED) is 0.740. The van der Waals surface area contributed by atoms with Crippen LogP contribution in [0.25, 0.3) is 0 Å². The van der Waals surface area contributed by atoms with Crippen LogP contribution in [-0.2, 0) is 0 Å². The van der Waals surface area contributed by atoms with Gasteiger partial charge in [-0.25, -0.2) is 8.78 Å². The Bertz CT molecular complexity index is 609. The summed E-state index contributed by atoms with van der Waals surface area (Å²) < 4.78 is 44.3. The van der Waals surface area contributed by atoms with Gasteiger partial charge in [0.2, 0.25) is 0 Å². The predicted octanol–water partition coefficient (Wildman–Crippen LogP) is 4.71. The highest BCUT2D eigenvalue weighted by Crippen LogP contribution is 2.32. The van der Waals surface area contributed by atoms with E-state index in [0.717, 1.165) is 0 Å². The summed E-state index contributed by atoms with van der Waals surface area (Å²) in [6.45, 7) is 0. The molecule has 0 atom stereocenters. The lowest BCUT2D eigenvalue weighted by molar-refractivity contribution is 0.386. The number of pyridine rings is 1. The molecule has 0 fully saturated rings. The minimum absolute atomic E-state index is 0.178. The molecule has 0 aliphatic rings. The van der Waals surface area contributed by atoms with Crippen molar-refractivity contribution < 1.29 is 17.9 Å². The van der Waals surface area contributed by atoms with Gasteiger partial charge >= 0.3 is 0 Å². The van der Waals surface area contributed by atoms with Crippen molar-refractivity contribution in [1.29, 1.82) is 0 Å². The Balaban J connectivity index is 2.37. The molecule has 1 aromatic heterocycles. The Morgan fingerprint density at radius 3 is 2.50 bits per heavy atom. The summed E-state index contributed by atoms with van der Waals surface area (Å²) in [5.41, 5.74) is 0. The maximum atomic E-state index is 13.3. The number of ether oxygens (including phenoxy) is 1. The lowest BCUT2D eigenvalue weighted by Gasteiger charge is -2.08. The van der Waals surface area contributed by atoms with Crippen LogP contribution in [0.5, 0.6) is 11.6 Å². The lowest BCUT2D eigenvalue weighted by Crippen LogP contribution is -1.98. The summed E-state index contributed by atoms with van der Waals surface area (Å²) in [7, 11) is 0. The standard InChI is InChI=1S/C11H4BrClF3NO/c12-6-3-5(13)1-2-9(6)18-11-8(15)4-7(14)10(16)17-11/h1-4H. The monoisotopic (exact) mass is 337 g/mol. The molecule has 0 radical (unpaired) electrons. The molecule has 0 unspecified atom stereocenters. The summed E-state index contributed by atoms with van der Waals surface area (Å²) in [6, 6.07) is 4.81. The molecule has 0 aliphatic heterocycles. The van der Waals surface area contributed by atoms with Crippen LogP contribution in [0, 0.1) is 17.6 Å². The van der Waals surface area contributed by atoms with E-state index >= 15 is 0 Å². The van der Waals surface area contributed by atoms with Crippen LogP contribution in [0.2, 0.25) is 5.02 Å². The molecule has 2 aromatic rings. The number of aromatic nitrogens is 1. The highest BCUT2D eigenvalue weighted by molar-refractivity contribution is 9.10. The molecule has 0 saturated carbocycles. The largest absolute Gasteiger partial charge is 0.435 e. The molecule has 0 aliphatic carbocycles. The van der Waals surface area contributed by atoms with Gasteiger partial charge < -0.3 is 4.74 Å². The molecule has 18 heavy (non-hydrogen) atoms. The van der Waals surface area contributed by atoms with Crippen molar-refractivity contribution in [2.45, 2.75) is 0 Å². The lowest BCUT2D eigenvalue weighted by atomic mass is 10.3. The zero-order chi connectivity index (χ0) is 13.3. The number of rotatable bonds is 2. The van der Waals surface area contributed by atoms with Crippen molar-refractivity contribution in [2.75, 3.05) is 0 Å².